The topological polar surface area (TPSA) is 0 Å². The highest BCUT2D eigenvalue weighted by Gasteiger charge is 2.34. The maximum atomic E-state index is 12.3. The van der Waals surface area contributed by atoms with Crippen LogP contribution in [0.1, 0.15) is 5.56 Å². The molecule has 0 aliphatic heterocycles. The Morgan fingerprint density at radius 2 is 1.75 bits per heavy atom. The number of alkyl halides is 3. The molecule has 0 atom stereocenters. The van der Waals surface area contributed by atoms with Gasteiger partial charge < -0.3 is 0 Å². The van der Waals surface area contributed by atoms with E-state index in [4.69, 9.17) is 0 Å². The second-order valence-electron chi connectivity index (χ2n) is 2.04. The van der Waals surface area contributed by atoms with Gasteiger partial charge in [-0.05, 0) is 12.1 Å². The largest absolute Gasteiger partial charge is 0.419 e. The molecule has 0 aromatic heterocycles. The molecule has 0 spiro atoms. The number of rotatable bonds is 0. The van der Waals surface area contributed by atoms with Crippen LogP contribution in [0.15, 0.2) is 12.1 Å². The summed E-state index contributed by atoms with van der Waals surface area (Å²) in [6.45, 7) is 0. The molecule has 0 nitrogen and oxygen atoms in total. The minimum atomic E-state index is -4.86. The number of halogens is 5. The van der Waals surface area contributed by atoms with Gasteiger partial charge in [0.05, 0.1) is 5.56 Å². The minimum Gasteiger partial charge on any atom is -0.206 e. The van der Waals surface area contributed by atoms with Crippen LogP contribution in [0.4, 0.5) is 22.0 Å². The Balaban J connectivity index is 3.23. The summed E-state index contributed by atoms with van der Waals surface area (Å²) >= 11 is 0. The number of hydrogen-bond acceptors (Lipinski definition) is 0. The van der Waals surface area contributed by atoms with Gasteiger partial charge in [-0.3, -0.25) is 0 Å². The van der Waals surface area contributed by atoms with E-state index in [0.29, 0.717) is 6.07 Å². The summed E-state index contributed by atoms with van der Waals surface area (Å²) in [5, 5.41) is 0. The van der Waals surface area contributed by atoms with Gasteiger partial charge in [0.25, 0.3) is 0 Å². The Bertz CT molecular complexity index is 288. The molecule has 1 radical (unpaired) electrons. The van der Waals surface area contributed by atoms with Crippen molar-refractivity contribution in [1.82, 2.24) is 0 Å². The lowest BCUT2D eigenvalue weighted by Gasteiger charge is -2.06. The molecule has 0 bridgehead atoms. The van der Waals surface area contributed by atoms with Gasteiger partial charge in [0.1, 0.15) is 11.6 Å². The standard InChI is InChI=1S/C7H2F5/c8-4-1-2-6(9)5(3-4)7(10,11)12/h2-3H. The van der Waals surface area contributed by atoms with Gasteiger partial charge in [-0.2, -0.15) is 13.2 Å². The third-order valence-electron chi connectivity index (χ3n) is 1.17. The molecule has 5 heteroatoms. The fourth-order valence-electron chi connectivity index (χ4n) is 0.665. The molecule has 65 valence electrons. The zero-order chi connectivity index (χ0) is 9.35. The Hall–Kier alpha value is -1.13. The second kappa shape index (κ2) is 2.73. The highest BCUT2D eigenvalue weighted by atomic mass is 19.4. The summed E-state index contributed by atoms with van der Waals surface area (Å²) < 4.78 is 59.9. The molecule has 0 saturated heterocycles. The first-order valence-electron chi connectivity index (χ1n) is 2.85. The van der Waals surface area contributed by atoms with Crippen molar-refractivity contribution in [2.45, 2.75) is 6.18 Å². The van der Waals surface area contributed by atoms with E-state index in [1.165, 1.54) is 0 Å². The molecule has 0 heterocycles. The fourth-order valence-corrected chi connectivity index (χ4v) is 0.665. The SMILES string of the molecule is Fc1[c]cc(F)c(C(F)(F)F)c1. The average molecular weight is 181 g/mol. The molecule has 1 aromatic rings. The van der Waals surface area contributed by atoms with Crippen molar-refractivity contribution < 1.29 is 22.0 Å². The lowest BCUT2D eigenvalue weighted by molar-refractivity contribution is -0.140. The molecule has 0 unspecified atom stereocenters. The van der Waals surface area contributed by atoms with Crippen LogP contribution in [0, 0.1) is 17.7 Å². The van der Waals surface area contributed by atoms with Gasteiger partial charge in [0.2, 0.25) is 0 Å². The lowest BCUT2D eigenvalue weighted by Crippen LogP contribution is -2.08. The maximum absolute atomic E-state index is 12.3. The van der Waals surface area contributed by atoms with E-state index in [9.17, 15) is 22.0 Å². The van der Waals surface area contributed by atoms with E-state index in [1.54, 1.807) is 6.07 Å². The van der Waals surface area contributed by atoms with Crippen LogP contribution >= 0.6 is 0 Å². The van der Waals surface area contributed by atoms with Crippen LogP contribution in [0.3, 0.4) is 0 Å². The molecule has 0 aliphatic rings. The molecule has 0 aliphatic carbocycles. The summed E-state index contributed by atoms with van der Waals surface area (Å²) in [6.07, 6.45) is -4.86. The lowest BCUT2D eigenvalue weighted by atomic mass is 10.2. The van der Waals surface area contributed by atoms with Crippen molar-refractivity contribution in [2.75, 3.05) is 0 Å². The summed E-state index contributed by atoms with van der Waals surface area (Å²) in [6, 6.07) is 2.05. The summed E-state index contributed by atoms with van der Waals surface area (Å²) in [4.78, 5) is 0. The van der Waals surface area contributed by atoms with E-state index in [1.807, 2.05) is 0 Å². The first kappa shape index (κ1) is 8.96. The Kier molecular flexibility index (Phi) is 2.04. The molecule has 0 N–H and O–H groups in total. The molecule has 12 heavy (non-hydrogen) atoms. The Labute approximate surface area is 64.6 Å². The molecule has 0 saturated carbocycles. The Morgan fingerprint density at radius 1 is 1.17 bits per heavy atom. The van der Waals surface area contributed by atoms with Crippen molar-refractivity contribution in [1.29, 1.82) is 0 Å². The van der Waals surface area contributed by atoms with Gasteiger partial charge in [0, 0.05) is 6.07 Å². The molecule has 0 amide bonds. The summed E-state index contributed by atoms with van der Waals surface area (Å²) in [5.41, 5.74) is -1.61. The van der Waals surface area contributed by atoms with E-state index >= 15 is 0 Å². The first-order valence-corrected chi connectivity index (χ1v) is 2.85. The zero-order valence-corrected chi connectivity index (χ0v) is 5.54. The summed E-state index contributed by atoms with van der Waals surface area (Å²) in [7, 11) is 0. The van der Waals surface area contributed by atoms with E-state index in [-0.39, 0.29) is 6.07 Å². The molecular weight excluding hydrogens is 179 g/mol. The first-order chi connectivity index (χ1) is 5.41. The van der Waals surface area contributed by atoms with E-state index < -0.39 is 23.4 Å². The van der Waals surface area contributed by atoms with Gasteiger partial charge in [-0.1, -0.05) is 0 Å². The van der Waals surface area contributed by atoms with Crippen LogP contribution in [0.25, 0.3) is 0 Å². The third-order valence-corrected chi connectivity index (χ3v) is 1.17. The van der Waals surface area contributed by atoms with E-state index in [2.05, 4.69) is 0 Å². The van der Waals surface area contributed by atoms with Crippen LogP contribution in [0.5, 0.6) is 0 Å². The predicted molar refractivity (Wildman–Crippen MR) is 30.2 cm³/mol. The Morgan fingerprint density at radius 3 is 2.17 bits per heavy atom. The quantitative estimate of drug-likeness (QED) is 0.540. The molecule has 1 aromatic carbocycles. The summed E-state index contributed by atoms with van der Waals surface area (Å²) in [5.74, 6) is -2.76. The van der Waals surface area contributed by atoms with Gasteiger partial charge >= 0.3 is 6.18 Å². The predicted octanol–water partition coefficient (Wildman–Crippen LogP) is 2.78. The monoisotopic (exact) mass is 181 g/mol. The van der Waals surface area contributed by atoms with Gasteiger partial charge in [-0.15, -0.1) is 0 Å². The van der Waals surface area contributed by atoms with E-state index in [0.717, 1.165) is 0 Å². The second-order valence-corrected chi connectivity index (χ2v) is 2.04. The normalized spacial score (nSPS) is 11.8. The zero-order valence-electron chi connectivity index (χ0n) is 5.54. The molecular formula is C7H2F5. The average Bonchev–Trinajstić information content (AvgIpc) is 1.92. The van der Waals surface area contributed by atoms with Crippen LogP contribution < -0.4 is 0 Å². The maximum Gasteiger partial charge on any atom is 0.419 e. The van der Waals surface area contributed by atoms with Crippen molar-refractivity contribution in [2.24, 2.45) is 0 Å². The number of benzene rings is 1. The third kappa shape index (κ3) is 1.72. The molecule has 0 fully saturated rings. The van der Waals surface area contributed by atoms with Crippen molar-refractivity contribution >= 4 is 0 Å². The van der Waals surface area contributed by atoms with Crippen molar-refractivity contribution in [3.8, 4) is 0 Å². The van der Waals surface area contributed by atoms with Crippen LogP contribution in [-0.4, -0.2) is 0 Å². The highest BCUT2D eigenvalue weighted by molar-refractivity contribution is 5.20. The van der Waals surface area contributed by atoms with Crippen LogP contribution in [0.2, 0.25) is 0 Å². The van der Waals surface area contributed by atoms with Crippen molar-refractivity contribution in [3.63, 3.8) is 0 Å². The number of hydrogen-bond donors (Lipinski definition) is 0. The minimum absolute atomic E-state index is 0.0648. The van der Waals surface area contributed by atoms with Crippen LogP contribution in [-0.2, 0) is 6.18 Å². The fraction of sp³-hybridized carbons (Fsp3) is 0.143. The van der Waals surface area contributed by atoms with Gasteiger partial charge in [-0.25, -0.2) is 8.78 Å². The van der Waals surface area contributed by atoms with Crippen molar-refractivity contribution in [3.05, 3.63) is 35.4 Å². The smallest absolute Gasteiger partial charge is 0.206 e. The van der Waals surface area contributed by atoms with Gasteiger partial charge in [0.15, 0.2) is 0 Å². The molecule has 1 rings (SSSR count). The highest BCUT2D eigenvalue weighted by Crippen LogP contribution is 2.31.